The van der Waals surface area contributed by atoms with Gasteiger partial charge in [0.1, 0.15) is 11.3 Å². The van der Waals surface area contributed by atoms with Crippen molar-refractivity contribution in [2.45, 2.75) is 18.9 Å². The van der Waals surface area contributed by atoms with E-state index in [4.69, 9.17) is 5.11 Å². The number of halogens is 1. The van der Waals surface area contributed by atoms with Crippen molar-refractivity contribution in [1.29, 1.82) is 0 Å². The molecule has 0 unspecified atom stereocenters. The normalized spacial score (nSPS) is 19.9. The highest BCUT2D eigenvalue weighted by molar-refractivity contribution is 9.10. The first-order valence-electron chi connectivity index (χ1n) is 5.09. The van der Waals surface area contributed by atoms with E-state index in [-0.39, 0.29) is 17.4 Å². The Morgan fingerprint density at radius 2 is 2.25 bits per heavy atom. The molecule has 1 aliphatic rings. The minimum absolute atomic E-state index is 0.0358. The van der Waals surface area contributed by atoms with Gasteiger partial charge in [0.2, 0.25) is 0 Å². The number of nitrogens with one attached hydrogen (secondary N) is 1. The van der Waals surface area contributed by atoms with Gasteiger partial charge in [0.05, 0.1) is 0 Å². The molecular weight excluding hydrogens is 274 g/mol. The predicted octanol–water partition coefficient (Wildman–Crippen LogP) is 2.28. The van der Waals surface area contributed by atoms with Crippen molar-refractivity contribution in [3.05, 3.63) is 27.7 Å². The maximum absolute atomic E-state index is 10.9. The van der Waals surface area contributed by atoms with E-state index in [9.17, 15) is 9.90 Å². The van der Waals surface area contributed by atoms with Crippen LogP contribution in [0.4, 0.5) is 0 Å². The van der Waals surface area contributed by atoms with E-state index in [1.165, 1.54) is 6.07 Å². The molecule has 4 nitrogen and oxygen atoms in total. The smallest absolute Gasteiger partial charge is 0.339 e. The molecule has 1 heterocycles. The minimum Gasteiger partial charge on any atom is -0.507 e. The molecule has 1 saturated heterocycles. The molecule has 0 saturated carbocycles. The third-order valence-electron chi connectivity index (χ3n) is 2.80. The van der Waals surface area contributed by atoms with Crippen LogP contribution in [0.5, 0.6) is 5.75 Å². The molecule has 1 fully saturated rings. The molecule has 1 aromatic rings. The van der Waals surface area contributed by atoms with Gasteiger partial charge in [0.25, 0.3) is 0 Å². The van der Waals surface area contributed by atoms with Crippen LogP contribution in [-0.2, 0) is 0 Å². The summed E-state index contributed by atoms with van der Waals surface area (Å²) in [4.78, 5) is 10.9. The van der Waals surface area contributed by atoms with Gasteiger partial charge in [-0.3, -0.25) is 0 Å². The number of rotatable bonds is 2. The van der Waals surface area contributed by atoms with Crippen molar-refractivity contribution in [3.63, 3.8) is 0 Å². The molecule has 0 spiro atoms. The maximum Gasteiger partial charge on any atom is 0.339 e. The van der Waals surface area contributed by atoms with Crippen LogP contribution in [-0.4, -0.2) is 22.7 Å². The first kappa shape index (κ1) is 11.4. The lowest BCUT2D eigenvalue weighted by molar-refractivity contribution is 0.0693. The Morgan fingerprint density at radius 3 is 2.81 bits per heavy atom. The number of hydrogen-bond donors (Lipinski definition) is 3. The van der Waals surface area contributed by atoms with Crippen molar-refractivity contribution in [1.82, 2.24) is 5.32 Å². The minimum atomic E-state index is -1.11. The monoisotopic (exact) mass is 285 g/mol. The number of benzene rings is 1. The van der Waals surface area contributed by atoms with Gasteiger partial charge in [-0.25, -0.2) is 4.79 Å². The number of aromatic hydroxyl groups is 1. The molecule has 0 bridgehead atoms. The number of carboxylic acids is 1. The van der Waals surface area contributed by atoms with Crippen molar-refractivity contribution >= 4 is 21.9 Å². The number of carbonyl (C=O) groups is 1. The van der Waals surface area contributed by atoms with Crippen LogP contribution in [0.15, 0.2) is 16.6 Å². The second-order valence-electron chi connectivity index (χ2n) is 3.81. The van der Waals surface area contributed by atoms with Crippen LogP contribution >= 0.6 is 15.9 Å². The molecule has 0 radical (unpaired) electrons. The predicted molar refractivity (Wildman–Crippen MR) is 62.7 cm³/mol. The Kier molecular flexibility index (Phi) is 3.16. The van der Waals surface area contributed by atoms with Gasteiger partial charge in [-0.05, 0) is 31.5 Å². The standard InChI is InChI=1S/C11H12BrNO3/c12-7-4-3-6(11(15)16)10(14)9(7)8-2-1-5-13-8/h3-4,8,13-14H,1-2,5H2,(H,15,16)/t8-/m0/s1. The van der Waals surface area contributed by atoms with Gasteiger partial charge < -0.3 is 15.5 Å². The van der Waals surface area contributed by atoms with Crippen molar-refractivity contribution in [2.75, 3.05) is 6.54 Å². The van der Waals surface area contributed by atoms with Crippen LogP contribution in [0.3, 0.4) is 0 Å². The van der Waals surface area contributed by atoms with Crippen LogP contribution in [0.2, 0.25) is 0 Å². The fourth-order valence-electron chi connectivity index (χ4n) is 2.02. The molecule has 2 rings (SSSR count). The lowest BCUT2D eigenvalue weighted by Crippen LogP contribution is -2.14. The zero-order valence-corrected chi connectivity index (χ0v) is 10.1. The lowest BCUT2D eigenvalue weighted by Gasteiger charge is -2.16. The van der Waals surface area contributed by atoms with Crippen LogP contribution < -0.4 is 5.32 Å². The number of aromatic carboxylic acids is 1. The zero-order chi connectivity index (χ0) is 11.7. The number of phenols is 1. The number of carboxylic acid groups (broad SMARTS) is 1. The maximum atomic E-state index is 10.9. The Bertz CT molecular complexity index is 427. The highest BCUT2D eigenvalue weighted by Gasteiger charge is 2.25. The van der Waals surface area contributed by atoms with E-state index >= 15 is 0 Å². The average molecular weight is 286 g/mol. The second kappa shape index (κ2) is 4.43. The third-order valence-corrected chi connectivity index (χ3v) is 3.49. The first-order valence-corrected chi connectivity index (χ1v) is 5.88. The third kappa shape index (κ3) is 1.92. The topological polar surface area (TPSA) is 69.6 Å². The molecule has 1 aromatic carbocycles. The summed E-state index contributed by atoms with van der Waals surface area (Å²) in [5.74, 6) is -1.24. The van der Waals surface area contributed by atoms with E-state index in [0.717, 1.165) is 23.9 Å². The van der Waals surface area contributed by atoms with Gasteiger partial charge in [-0.1, -0.05) is 15.9 Å². The largest absolute Gasteiger partial charge is 0.507 e. The van der Waals surface area contributed by atoms with Gasteiger partial charge in [-0.2, -0.15) is 0 Å². The molecule has 5 heteroatoms. The summed E-state index contributed by atoms with van der Waals surface area (Å²) in [5.41, 5.74) is 0.601. The second-order valence-corrected chi connectivity index (χ2v) is 4.67. The van der Waals surface area contributed by atoms with E-state index < -0.39 is 5.97 Å². The van der Waals surface area contributed by atoms with Gasteiger partial charge in [0, 0.05) is 16.1 Å². The summed E-state index contributed by atoms with van der Waals surface area (Å²) in [7, 11) is 0. The fraction of sp³-hybridized carbons (Fsp3) is 0.364. The summed E-state index contributed by atoms with van der Waals surface area (Å²) in [5, 5.41) is 22.1. The van der Waals surface area contributed by atoms with Crippen LogP contribution in [0.1, 0.15) is 34.8 Å². The van der Waals surface area contributed by atoms with Crippen molar-refractivity contribution < 1.29 is 15.0 Å². The van der Waals surface area contributed by atoms with Crippen molar-refractivity contribution in [3.8, 4) is 5.75 Å². The molecule has 0 aliphatic carbocycles. The Hall–Kier alpha value is -1.07. The Morgan fingerprint density at radius 1 is 1.50 bits per heavy atom. The molecule has 3 N–H and O–H groups in total. The average Bonchev–Trinajstić information content (AvgIpc) is 2.70. The van der Waals surface area contributed by atoms with E-state index in [1.54, 1.807) is 6.07 Å². The summed E-state index contributed by atoms with van der Waals surface area (Å²) in [6, 6.07) is 3.10. The SMILES string of the molecule is O=C(O)c1ccc(Br)c([C@@H]2CCCN2)c1O. The summed E-state index contributed by atoms with van der Waals surface area (Å²) in [6.45, 7) is 0.897. The molecule has 1 atom stereocenters. The van der Waals surface area contributed by atoms with Gasteiger partial charge >= 0.3 is 5.97 Å². The number of hydrogen-bond acceptors (Lipinski definition) is 3. The highest BCUT2D eigenvalue weighted by Crippen LogP contribution is 2.38. The Labute approximate surface area is 101 Å². The molecule has 1 aliphatic heterocycles. The fourth-order valence-corrected chi connectivity index (χ4v) is 2.61. The van der Waals surface area contributed by atoms with Crippen LogP contribution in [0, 0.1) is 0 Å². The Balaban J connectivity index is 2.49. The highest BCUT2D eigenvalue weighted by atomic mass is 79.9. The first-order chi connectivity index (χ1) is 7.61. The van der Waals surface area contributed by atoms with Crippen LogP contribution in [0.25, 0.3) is 0 Å². The van der Waals surface area contributed by atoms with Gasteiger partial charge in [0.15, 0.2) is 0 Å². The summed E-state index contributed by atoms with van der Waals surface area (Å²) in [6.07, 6.45) is 1.95. The van der Waals surface area contributed by atoms with Gasteiger partial charge in [-0.15, -0.1) is 0 Å². The molecule has 0 amide bonds. The van der Waals surface area contributed by atoms with E-state index in [2.05, 4.69) is 21.2 Å². The van der Waals surface area contributed by atoms with Crippen molar-refractivity contribution in [2.24, 2.45) is 0 Å². The van der Waals surface area contributed by atoms with E-state index in [1.807, 2.05) is 0 Å². The molecule has 86 valence electrons. The molecular formula is C11H12BrNO3. The summed E-state index contributed by atoms with van der Waals surface area (Å²) < 4.78 is 0.745. The quantitative estimate of drug-likeness (QED) is 0.780. The molecule has 0 aromatic heterocycles. The summed E-state index contributed by atoms with van der Waals surface area (Å²) >= 11 is 3.35. The molecule has 16 heavy (non-hydrogen) atoms. The zero-order valence-electron chi connectivity index (χ0n) is 8.53. The van der Waals surface area contributed by atoms with E-state index in [0.29, 0.717) is 5.56 Å². The lowest BCUT2D eigenvalue weighted by atomic mass is 10.0.